The minimum Gasteiger partial charge on any atom is -0.452 e. The Labute approximate surface area is 195 Å². The van der Waals surface area contributed by atoms with Crippen LogP contribution in [0, 0.1) is 23.7 Å². The smallest absolute Gasteiger partial charge is 0.338 e. The molecule has 0 aromatic heterocycles. The van der Waals surface area contributed by atoms with E-state index in [0.29, 0.717) is 16.4 Å². The van der Waals surface area contributed by atoms with Crippen LogP contribution in [-0.4, -0.2) is 30.3 Å². The van der Waals surface area contributed by atoms with Crippen LogP contribution in [0.5, 0.6) is 0 Å². The van der Waals surface area contributed by atoms with E-state index >= 15 is 0 Å². The average Bonchev–Trinajstić information content (AvgIpc) is 3.44. The highest BCUT2D eigenvalue weighted by Crippen LogP contribution is 2.55. The third-order valence-electron chi connectivity index (χ3n) is 6.72. The number of rotatable bonds is 5. The number of nitrogens with one attached hydrogen (secondary N) is 1. The molecule has 1 heterocycles. The van der Waals surface area contributed by atoms with Gasteiger partial charge in [-0.3, -0.25) is 19.3 Å². The van der Waals surface area contributed by atoms with Gasteiger partial charge >= 0.3 is 5.97 Å². The SMILES string of the molecule is CC1=C[C@H]2C[C@H]1[C@H]1C(=O)N(c3ccc(C(=O)OCC(=O)Nc4ccccc4Cl)cc3)C(=O)[C@H]12. The summed E-state index contributed by atoms with van der Waals surface area (Å²) in [5, 5.41) is 2.95. The number of benzene rings is 2. The second-order valence-corrected chi connectivity index (χ2v) is 9.04. The molecule has 1 aliphatic heterocycles. The van der Waals surface area contributed by atoms with Crippen LogP contribution in [0.1, 0.15) is 23.7 Å². The first-order valence-electron chi connectivity index (χ1n) is 10.7. The number of carbonyl (C=O) groups is 4. The third kappa shape index (κ3) is 3.62. The Hall–Kier alpha value is -3.45. The summed E-state index contributed by atoms with van der Waals surface area (Å²) in [5.41, 5.74) is 2.26. The number of esters is 1. The zero-order valence-corrected chi connectivity index (χ0v) is 18.5. The number of para-hydroxylation sites is 1. The van der Waals surface area contributed by atoms with E-state index in [1.807, 2.05) is 6.92 Å². The van der Waals surface area contributed by atoms with Crippen LogP contribution < -0.4 is 10.2 Å². The van der Waals surface area contributed by atoms with Crippen molar-refractivity contribution >= 4 is 46.7 Å². The molecule has 2 aromatic rings. The number of hydrogen-bond acceptors (Lipinski definition) is 5. The van der Waals surface area contributed by atoms with Crippen molar-refractivity contribution in [2.75, 3.05) is 16.8 Å². The van der Waals surface area contributed by atoms with Crippen molar-refractivity contribution in [3.05, 3.63) is 70.8 Å². The number of allylic oxidation sites excluding steroid dienone is 2. The van der Waals surface area contributed by atoms with Crippen LogP contribution in [0.2, 0.25) is 5.02 Å². The first-order chi connectivity index (χ1) is 15.8. The van der Waals surface area contributed by atoms with Crippen molar-refractivity contribution < 1.29 is 23.9 Å². The van der Waals surface area contributed by atoms with Crippen molar-refractivity contribution in [3.63, 3.8) is 0 Å². The maximum absolute atomic E-state index is 13.0. The number of halogens is 1. The first kappa shape index (κ1) is 21.4. The molecule has 1 saturated carbocycles. The van der Waals surface area contributed by atoms with E-state index in [1.165, 1.54) is 22.6 Å². The Kier molecular flexibility index (Phi) is 5.29. The summed E-state index contributed by atoms with van der Waals surface area (Å²) in [6, 6.07) is 12.8. The molecule has 8 heteroatoms. The summed E-state index contributed by atoms with van der Waals surface area (Å²) in [6.45, 7) is 1.55. The van der Waals surface area contributed by atoms with E-state index < -0.39 is 18.5 Å². The standard InChI is InChI=1S/C25H21ClN2O5/c1-13-10-15-11-17(13)22-21(15)23(30)28(24(22)31)16-8-6-14(7-9-16)25(32)33-12-20(29)27-19-5-3-2-4-18(19)26/h2-10,15,17,21-22H,11-12H2,1H3,(H,27,29)/t15-,17+,21-,22+/m0/s1. The molecule has 7 nitrogen and oxygen atoms in total. The normalized spacial score (nSPS) is 25.2. The van der Waals surface area contributed by atoms with Crippen LogP contribution >= 0.6 is 11.6 Å². The third-order valence-corrected chi connectivity index (χ3v) is 7.05. The monoisotopic (exact) mass is 464 g/mol. The number of anilines is 2. The van der Waals surface area contributed by atoms with Gasteiger partial charge in [0, 0.05) is 0 Å². The van der Waals surface area contributed by atoms with E-state index in [-0.39, 0.29) is 41.0 Å². The van der Waals surface area contributed by atoms with Crippen molar-refractivity contribution in [1.82, 2.24) is 0 Å². The van der Waals surface area contributed by atoms with Crippen molar-refractivity contribution in [2.45, 2.75) is 13.3 Å². The average molecular weight is 465 g/mol. The van der Waals surface area contributed by atoms with Crippen molar-refractivity contribution in [2.24, 2.45) is 23.7 Å². The molecule has 0 unspecified atom stereocenters. The molecule has 168 valence electrons. The molecule has 2 aromatic carbocycles. The lowest BCUT2D eigenvalue weighted by Crippen LogP contribution is -2.33. The highest BCUT2D eigenvalue weighted by molar-refractivity contribution is 6.33. The van der Waals surface area contributed by atoms with Crippen LogP contribution in [0.15, 0.2) is 60.2 Å². The van der Waals surface area contributed by atoms with Gasteiger partial charge in [-0.2, -0.15) is 0 Å². The van der Waals surface area contributed by atoms with Crippen molar-refractivity contribution in [3.8, 4) is 0 Å². The van der Waals surface area contributed by atoms with Gasteiger partial charge in [0.1, 0.15) is 0 Å². The molecule has 4 atom stereocenters. The van der Waals surface area contributed by atoms with Crippen LogP contribution in [-0.2, 0) is 19.1 Å². The summed E-state index contributed by atoms with van der Waals surface area (Å²) in [5.74, 6) is -1.85. The second-order valence-electron chi connectivity index (χ2n) is 8.63. The van der Waals surface area contributed by atoms with E-state index in [9.17, 15) is 19.2 Å². The maximum Gasteiger partial charge on any atom is 0.338 e. The summed E-state index contributed by atoms with van der Waals surface area (Å²) < 4.78 is 5.07. The van der Waals surface area contributed by atoms with Gasteiger partial charge in [-0.15, -0.1) is 0 Å². The van der Waals surface area contributed by atoms with Gasteiger partial charge in [-0.1, -0.05) is 35.4 Å². The molecule has 1 N–H and O–H groups in total. The number of fused-ring (bicyclic) bond motifs is 5. The maximum atomic E-state index is 13.0. The molecule has 2 bridgehead atoms. The lowest BCUT2D eigenvalue weighted by Gasteiger charge is -2.19. The highest BCUT2D eigenvalue weighted by atomic mass is 35.5. The Balaban J connectivity index is 1.22. The number of carbonyl (C=O) groups excluding carboxylic acids is 4. The minimum atomic E-state index is -0.690. The van der Waals surface area contributed by atoms with Crippen LogP contribution in [0.4, 0.5) is 11.4 Å². The predicted molar refractivity (Wildman–Crippen MR) is 122 cm³/mol. The van der Waals surface area contributed by atoms with Gasteiger partial charge in [0.15, 0.2) is 6.61 Å². The number of hydrogen-bond donors (Lipinski definition) is 1. The first-order valence-corrected chi connectivity index (χ1v) is 11.1. The van der Waals surface area contributed by atoms with Gasteiger partial charge in [-0.05, 0) is 61.6 Å². The molecule has 33 heavy (non-hydrogen) atoms. The molecule has 3 aliphatic rings. The molecular weight excluding hydrogens is 444 g/mol. The zero-order valence-electron chi connectivity index (χ0n) is 17.8. The molecular formula is C25H21ClN2O5. The molecule has 2 fully saturated rings. The topological polar surface area (TPSA) is 92.8 Å². The Morgan fingerprint density at radius 1 is 1.06 bits per heavy atom. The predicted octanol–water partition coefficient (Wildman–Crippen LogP) is 3.84. The quantitative estimate of drug-likeness (QED) is 0.412. The molecule has 0 spiro atoms. The van der Waals surface area contributed by atoms with Crippen molar-refractivity contribution in [1.29, 1.82) is 0 Å². The fourth-order valence-electron chi connectivity index (χ4n) is 5.24. The molecule has 5 rings (SSSR count). The second kappa shape index (κ2) is 8.15. The van der Waals surface area contributed by atoms with E-state index in [0.717, 1.165) is 6.42 Å². The molecule has 3 amide bonds. The van der Waals surface area contributed by atoms with Gasteiger partial charge < -0.3 is 10.1 Å². The molecule has 0 radical (unpaired) electrons. The summed E-state index contributed by atoms with van der Waals surface area (Å²) >= 11 is 6.00. The number of imide groups is 1. The fourth-order valence-corrected chi connectivity index (χ4v) is 5.42. The molecule has 2 aliphatic carbocycles. The number of amides is 3. The number of nitrogens with zero attached hydrogens (tertiary/aromatic N) is 1. The fraction of sp³-hybridized carbons (Fsp3) is 0.280. The van der Waals surface area contributed by atoms with E-state index in [2.05, 4.69) is 11.4 Å². The van der Waals surface area contributed by atoms with Gasteiger partial charge in [-0.25, -0.2) is 4.79 Å². The Bertz CT molecular complexity index is 1210. The zero-order chi connectivity index (χ0) is 23.3. The summed E-state index contributed by atoms with van der Waals surface area (Å²) in [4.78, 5) is 51.7. The lowest BCUT2D eigenvalue weighted by molar-refractivity contribution is -0.123. The van der Waals surface area contributed by atoms with E-state index in [4.69, 9.17) is 16.3 Å². The lowest BCUT2D eigenvalue weighted by atomic mass is 9.82. The summed E-state index contributed by atoms with van der Waals surface area (Å²) in [6.07, 6.45) is 3.00. The Morgan fingerprint density at radius 2 is 1.76 bits per heavy atom. The molecule has 1 saturated heterocycles. The number of ether oxygens (including phenoxy) is 1. The van der Waals surface area contributed by atoms with Gasteiger partial charge in [0.05, 0.1) is 33.8 Å². The summed E-state index contributed by atoms with van der Waals surface area (Å²) in [7, 11) is 0. The van der Waals surface area contributed by atoms with Crippen LogP contribution in [0.25, 0.3) is 0 Å². The van der Waals surface area contributed by atoms with Gasteiger partial charge in [0.25, 0.3) is 5.91 Å². The minimum absolute atomic E-state index is 0.132. The Morgan fingerprint density at radius 3 is 2.48 bits per heavy atom. The highest BCUT2D eigenvalue weighted by Gasteiger charge is 2.60. The van der Waals surface area contributed by atoms with Crippen LogP contribution in [0.3, 0.4) is 0 Å². The van der Waals surface area contributed by atoms with E-state index in [1.54, 1.807) is 36.4 Å². The van der Waals surface area contributed by atoms with Gasteiger partial charge in [0.2, 0.25) is 11.8 Å². The largest absolute Gasteiger partial charge is 0.452 e.